The summed E-state index contributed by atoms with van der Waals surface area (Å²) in [6, 6.07) is 12.5. The number of nitrogens with one attached hydrogen (secondary N) is 1. The first-order chi connectivity index (χ1) is 12.9. The van der Waals surface area contributed by atoms with Gasteiger partial charge in [0.15, 0.2) is 4.34 Å². The van der Waals surface area contributed by atoms with Gasteiger partial charge in [-0.25, -0.2) is 9.37 Å². The van der Waals surface area contributed by atoms with Crippen molar-refractivity contribution in [2.24, 2.45) is 5.73 Å². The first-order valence-corrected chi connectivity index (χ1v) is 9.77. The Bertz CT molecular complexity index is 956. The van der Waals surface area contributed by atoms with Gasteiger partial charge in [-0.2, -0.15) is 0 Å². The minimum atomic E-state index is -0.516. The van der Waals surface area contributed by atoms with Crippen molar-refractivity contribution in [1.29, 1.82) is 0 Å². The molecule has 0 saturated heterocycles. The number of benzene rings is 2. The van der Waals surface area contributed by atoms with Crippen LogP contribution in [0.3, 0.4) is 0 Å². The van der Waals surface area contributed by atoms with Crippen molar-refractivity contribution >= 4 is 40.6 Å². The predicted octanol–water partition coefficient (Wildman–Crippen LogP) is 4.17. The molecule has 3 aromatic rings. The van der Waals surface area contributed by atoms with Crippen LogP contribution in [0.4, 0.5) is 10.1 Å². The number of thiazole rings is 1. The molecule has 0 aliphatic rings. The van der Waals surface area contributed by atoms with Crippen molar-refractivity contribution in [1.82, 2.24) is 4.98 Å². The standard InChI is InChI=1S/C19H16FN3O2S2/c1-11(18(25)22-15-8-4-13(5-9-15)17(21)24)27-19-23-16(10-26-19)12-2-6-14(20)7-3-12/h2-11H,1H3,(H2,21,24)(H,22,25)/t11-/m0/s1. The number of thioether (sulfide) groups is 1. The fourth-order valence-electron chi connectivity index (χ4n) is 2.23. The molecule has 1 heterocycles. The van der Waals surface area contributed by atoms with Gasteiger partial charge in [-0.05, 0) is 55.5 Å². The van der Waals surface area contributed by atoms with Gasteiger partial charge in [-0.3, -0.25) is 9.59 Å². The van der Waals surface area contributed by atoms with Crippen molar-refractivity contribution in [3.05, 3.63) is 65.3 Å². The third-order valence-corrected chi connectivity index (χ3v) is 5.78. The number of rotatable bonds is 6. The Morgan fingerprint density at radius 1 is 1.15 bits per heavy atom. The number of primary amides is 1. The summed E-state index contributed by atoms with van der Waals surface area (Å²) in [5, 5.41) is 4.31. The van der Waals surface area contributed by atoms with Crippen LogP contribution in [0.15, 0.2) is 58.3 Å². The van der Waals surface area contributed by atoms with Gasteiger partial charge in [0.1, 0.15) is 5.82 Å². The largest absolute Gasteiger partial charge is 0.366 e. The number of aromatic nitrogens is 1. The molecule has 2 aromatic carbocycles. The summed E-state index contributed by atoms with van der Waals surface area (Å²) in [6.07, 6.45) is 0. The van der Waals surface area contributed by atoms with Crippen molar-refractivity contribution in [2.45, 2.75) is 16.5 Å². The van der Waals surface area contributed by atoms with Gasteiger partial charge in [-0.15, -0.1) is 11.3 Å². The van der Waals surface area contributed by atoms with E-state index in [9.17, 15) is 14.0 Å². The van der Waals surface area contributed by atoms with E-state index >= 15 is 0 Å². The molecular formula is C19H16FN3O2S2. The topological polar surface area (TPSA) is 85.1 Å². The van der Waals surface area contributed by atoms with Crippen LogP contribution in [-0.4, -0.2) is 22.0 Å². The lowest BCUT2D eigenvalue weighted by atomic mass is 10.2. The number of amides is 2. The van der Waals surface area contributed by atoms with E-state index in [0.29, 0.717) is 11.3 Å². The normalized spacial score (nSPS) is 11.8. The zero-order valence-electron chi connectivity index (χ0n) is 14.3. The molecule has 27 heavy (non-hydrogen) atoms. The maximum Gasteiger partial charge on any atom is 0.248 e. The van der Waals surface area contributed by atoms with Gasteiger partial charge < -0.3 is 11.1 Å². The number of halogens is 1. The molecule has 2 amide bonds. The minimum absolute atomic E-state index is 0.176. The Morgan fingerprint density at radius 2 is 1.81 bits per heavy atom. The van der Waals surface area contributed by atoms with Crippen LogP contribution >= 0.6 is 23.1 Å². The molecule has 0 unspecified atom stereocenters. The van der Waals surface area contributed by atoms with E-state index in [-0.39, 0.29) is 17.0 Å². The molecule has 1 atom stereocenters. The summed E-state index contributed by atoms with van der Waals surface area (Å²) in [5.74, 6) is -0.986. The highest BCUT2D eigenvalue weighted by Crippen LogP contribution is 2.31. The van der Waals surface area contributed by atoms with Crippen LogP contribution in [0.2, 0.25) is 0 Å². The molecule has 0 spiro atoms. The lowest BCUT2D eigenvalue weighted by molar-refractivity contribution is -0.115. The van der Waals surface area contributed by atoms with Crippen LogP contribution in [0.5, 0.6) is 0 Å². The van der Waals surface area contributed by atoms with Crippen molar-refractivity contribution < 1.29 is 14.0 Å². The molecule has 0 aliphatic carbocycles. The summed E-state index contributed by atoms with van der Waals surface area (Å²) in [5.41, 5.74) is 7.74. The van der Waals surface area contributed by atoms with Crippen molar-refractivity contribution in [3.8, 4) is 11.3 Å². The summed E-state index contributed by atoms with van der Waals surface area (Å²) >= 11 is 2.78. The average molecular weight is 401 g/mol. The smallest absolute Gasteiger partial charge is 0.248 e. The Labute approximate surface area is 163 Å². The zero-order valence-corrected chi connectivity index (χ0v) is 15.9. The van der Waals surface area contributed by atoms with E-state index in [0.717, 1.165) is 15.6 Å². The predicted molar refractivity (Wildman–Crippen MR) is 106 cm³/mol. The van der Waals surface area contributed by atoms with Crippen LogP contribution in [0.1, 0.15) is 17.3 Å². The Hall–Kier alpha value is -2.71. The lowest BCUT2D eigenvalue weighted by Crippen LogP contribution is -2.22. The second-order valence-electron chi connectivity index (χ2n) is 5.70. The number of carbonyl (C=O) groups excluding carboxylic acids is 2. The fourth-order valence-corrected chi connectivity index (χ4v) is 4.20. The van der Waals surface area contributed by atoms with E-state index < -0.39 is 5.91 Å². The molecule has 0 bridgehead atoms. The minimum Gasteiger partial charge on any atom is -0.366 e. The lowest BCUT2D eigenvalue weighted by Gasteiger charge is -2.10. The van der Waals surface area contributed by atoms with E-state index in [4.69, 9.17) is 5.73 Å². The first kappa shape index (κ1) is 19.1. The third kappa shape index (κ3) is 4.93. The van der Waals surface area contributed by atoms with E-state index in [1.165, 1.54) is 35.2 Å². The molecule has 0 saturated carbocycles. The molecule has 1 aromatic heterocycles. The molecule has 0 fully saturated rings. The second kappa shape index (κ2) is 8.32. The maximum atomic E-state index is 13.0. The van der Waals surface area contributed by atoms with Crippen molar-refractivity contribution in [2.75, 3.05) is 5.32 Å². The molecule has 0 radical (unpaired) electrons. The number of hydrogen-bond acceptors (Lipinski definition) is 5. The highest BCUT2D eigenvalue weighted by Gasteiger charge is 2.17. The van der Waals surface area contributed by atoms with Crippen LogP contribution < -0.4 is 11.1 Å². The fraction of sp³-hybridized carbons (Fsp3) is 0.105. The highest BCUT2D eigenvalue weighted by atomic mass is 32.2. The Morgan fingerprint density at radius 3 is 2.44 bits per heavy atom. The molecular weight excluding hydrogens is 385 g/mol. The maximum absolute atomic E-state index is 13.0. The molecule has 3 N–H and O–H groups in total. The van der Waals surface area contributed by atoms with Gasteiger partial charge in [0.25, 0.3) is 0 Å². The zero-order chi connectivity index (χ0) is 19.4. The molecule has 138 valence electrons. The quantitative estimate of drug-likeness (QED) is 0.607. The SMILES string of the molecule is C[C@H](Sc1nc(-c2ccc(F)cc2)cs1)C(=O)Nc1ccc(C(N)=O)cc1. The highest BCUT2D eigenvalue weighted by molar-refractivity contribution is 8.02. The van der Waals surface area contributed by atoms with Crippen LogP contribution in [0.25, 0.3) is 11.3 Å². The molecule has 3 rings (SSSR count). The Kier molecular flexibility index (Phi) is 5.88. The van der Waals surface area contributed by atoms with Gasteiger partial charge >= 0.3 is 0 Å². The van der Waals surface area contributed by atoms with Gasteiger partial charge in [0.05, 0.1) is 10.9 Å². The van der Waals surface area contributed by atoms with Crippen LogP contribution in [0, 0.1) is 5.82 Å². The number of hydrogen-bond donors (Lipinski definition) is 2. The summed E-state index contributed by atoms with van der Waals surface area (Å²) in [4.78, 5) is 27.9. The van der Waals surface area contributed by atoms with E-state index in [1.54, 1.807) is 43.3 Å². The number of nitrogens with two attached hydrogens (primary N) is 1. The van der Waals surface area contributed by atoms with Gasteiger partial charge in [-0.1, -0.05) is 11.8 Å². The Balaban J connectivity index is 1.61. The number of anilines is 1. The summed E-state index contributed by atoms with van der Waals surface area (Å²) in [6.45, 7) is 1.79. The monoisotopic (exact) mass is 401 g/mol. The van der Waals surface area contributed by atoms with E-state index in [1.807, 2.05) is 5.38 Å². The summed E-state index contributed by atoms with van der Waals surface area (Å²) in [7, 11) is 0. The van der Waals surface area contributed by atoms with Crippen molar-refractivity contribution in [3.63, 3.8) is 0 Å². The number of nitrogens with zero attached hydrogens (tertiary/aromatic N) is 1. The number of carbonyl (C=O) groups is 2. The second-order valence-corrected chi connectivity index (χ2v) is 8.14. The van der Waals surface area contributed by atoms with Gasteiger partial charge in [0, 0.05) is 22.2 Å². The summed E-state index contributed by atoms with van der Waals surface area (Å²) < 4.78 is 13.8. The van der Waals surface area contributed by atoms with Crippen LogP contribution in [-0.2, 0) is 4.79 Å². The molecule has 8 heteroatoms. The van der Waals surface area contributed by atoms with E-state index in [2.05, 4.69) is 10.3 Å². The first-order valence-electron chi connectivity index (χ1n) is 8.01. The average Bonchev–Trinajstić information content (AvgIpc) is 3.11. The molecule has 0 aliphatic heterocycles. The van der Waals surface area contributed by atoms with Gasteiger partial charge in [0.2, 0.25) is 11.8 Å². The molecule has 5 nitrogen and oxygen atoms in total. The third-order valence-electron chi connectivity index (χ3n) is 3.71.